The molecule has 6 rings (SSSR count). The number of hydrogen-bond donors (Lipinski definition) is 1. The summed E-state index contributed by atoms with van der Waals surface area (Å²) in [6.07, 6.45) is 1.00. The van der Waals surface area contributed by atoms with E-state index < -0.39 is 98.2 Å². The number of aromatic hydroxyl groups is 1. The molecule has 0 unspecified atom stereocenters. The third-order valence-corrected chi connectivity index (χ3v) is 11.3. The van der Waals surface area contributed by atoms with Gasteiger partial charge in [0.25, 0.3) is 11.8 Å². The van der Waals surface area contributed by atoms with Crippen LogP contribution in [0.25, 0.3) is 0 Å². The number of imide groups is 2. The van der Waals surface area contributed by atoms with Gasteiger partial charge in [-0.15, -0.1) is 23.2 Å². The Bertz CT molecular complexity index is 1750. The standard InChI is InChI=1S/C28H18Cl2F5IN2O6/c1-37-23(40)10-4-3-9-11(14(10)24(37)41)7-27(29)25(42)38(21-19(34)17(32)16(31)18(33)20(21)35)26(43)28(27,30)15(9)8-5-12(36)22(39)13(6-8)44-2/h3,5-6,10-11,14-15,39H,4,7H2,1-2H3/t10-,11+,14-,15-,27+,28-/m0/s1. The Kier molecular flexibility index (Phi) is 7.06. The first-order valence-corrected chi connectivity index (χ1v) is 14.7. The number of phenols is 1. The molecule has 6 atom stereocenters. The monoisotopic (exact) mass is 770 g/mol. The van der Waals surface area contributed by atoms with Crippen LogP contribution >= 0.6 is 45.8 Å². The predicted octanol–water partition coefficient (Wildman–Crippen LogP) is 4.89. The third kappa shape index (κ3) is 3.67. The van der Waals surface area contributed by atoms with E-state index in [9.17, 15) is 37.5 Å². The molecule has 44 heavy (non-hydrogen) atoms. The summed E-state index contributed by atoms with van der Waals surface area (Å²) in [6, 6.07) is 2.66. The number of rotatable bonds is 3. The molecule has 2 aliphatic carbocycles. The lowest BCUT2D eigenvalue weighted by Gasteiger charge is -2.50. The van der Waals surface area contributed by atoms with Gasteiger partial charge in [-0.1, -0.05) is 11.6 Å². The first kappa shape index (κ1) is 31.0. The van der Waals surface area contributed by atoms with Crippen molar-refractivity contribution in [2.45, 2.75) is 28.5 Å². The van der Waals surface area contributed by atoms with E-state index in [0.717, 1.165) is 4.90 Å². The molecule has 0 bridgehead atoms. The van der Waals surface area contributed by atoms with Crippen molar-refractivity contribution in [1.29, 1.82) is 0 Å². The second-order valence-corrected chi connectivity index (χ2v) is 13.4. The van der Waals surface area contributed by atoms with Crippen LogP contribution in [-0.4, -0.2) is 57.5 Å². The van der Waals surface area contributed by atoms with E-state index in [2.05, 4.69) is 0 Å². The second kappa shape index (κ2) is 10.0. The number of benzene rings is 2. The van der Waals surface area contributed by atoms with Gasteiger partial charge in [-0.25, -0.2) is 26.9 Å². The van der Waals surface area contributed by atoms with Crippen molar-refractivity contribution < 1.29 is 51.0 Å². The normalized spacial score (nSPS) is 31.3. The van der Waals surface area contributed by atoms with Crippen LogP contribution in [0.5, 0.6) is 11.5 Å². The Balaban J connectivity index is 1.64. The minimum Gasteiger partial charge on any atom is -0.504 e. The predicted molar refractivity (Wildman–Crippen MR) is 152 cm³/mol. The van der Waals surface area contributed by atoms with Crippen LogP contribution in [0.1, 0.15) is 24.3 Å². The number of likely N-dealkylation sites (tertiary alicyclic amines) is 1. The molecule has 4 amide bonds. The van der Waals surface area contributed by atoms with E-state index in [1.807, 2.05) is 0 Å². The fourth-order valence-corrected chi connectivity index (χ4v) is 8.57. The molecular weight excluding hydrogens is 753 g/mol. The van der Waals surface area contributed by atoms with Crippen LogP contribution in [-0.2, 0) is 19.2 Å². The topological polar surface area (TPSA) is 104 Å². The average Bonchev–Trinajstić information content (AvgIpc) is 3.30. The molecule has 4 aliphatic rings. The lowest BCUT2D eigenvalue weighted by atomic mass is 9.56. The fraction of sp³-hybridized carbons (Fsp3) is 0.357. The highest BCUT2D eigenvalue weighted by atomic mass is 127. The Hall–Kier alpha value is -2.98. The Labute approximate surface area is 268 Å². The van der Waals surface area contributed by atoms with Crippen LogP contribution < -0.4 is 9.64 Å². The van der Waals surface area contributed by atoms with Crippen LogP contribution in [0.3, 0.4) is 0 Å². The highest BCUT2D eigenvalue weighted by molar-refractivity contribution is 14.1. The quantitative estimate of drug-likeness (QED) is 0.0908. The molecule has 8 nitrogen and oxygen atoms in total. The van der Waals surface area contributed by atoms with Gasteiger partial charge in [-0.2, -0.15) is 0 Å². The average molecular weight is 771 g/mol. The number of ether oxygens (including phenoxy) is 1. The van der Waals surface area contributed by atoms with Gasteiger partial charge in [0.15, 0.2) is 44.5 Å². The van der Waals surface area contributed by atoms with Gasteiger partial charge in [-0.05, 0) is 59.0 Å². The van der Waals surface area contributed by atoms with Crippen LogP contribution in [0, 0.1) is 50.4 Å². The molecule has 0 spiro atoms. The molecule has 2 aromatic rings. The number of fused-ring (bicyclic) bond motifs is 4. The zero-order valence-corrected chi connectivity index (χ0v) is 26.0. The first-order chi connectivity index (χ1) is 20.5. The second-order valence-electron chi connectivity index (χ2n) is 11.0. The van der Waals surface area contributed by atoms with Crippen molar-refractivity contribution in [3.05, 3.63) is 62.0 Å². The van der Waals surface area contributed by atoms with Gasteiger partial charge < -0.3 is 9.84 Å². The summed E-state index contributed by atoms with van der Waals surface area (Å²) in [5.41, 5.74) is -1.45. The number of nitrogens with zero attached hydrogens (tertiary/aromatic N) is 2. The van der Waals surface area contributed by atoms with Crippen LogP contribution in [0.2, 0.25) is 0 Å². The summed E-state index contributed by atoms with van der Waals surface area (Å²) in [4.78, 5) is 49.9. The number of hydrogen-bond acceptors (Lipinski definition) is 6. The number of amides is 4. The Morgan fingerprint density at radius 1 is 0.932 bits per heavy atom. The molecule has 0 aromatic heterocycles. The zero-order chi connectivity index (χ0) is 32.4. The van der Waals surface area contributed by atoms with E-state index in [1.54, 1.807) is 28.7 Å². The van der Waals surface area contributed by atoms with Crippen LogP contribution in [0.15, 0.2) is 23.8 Å². The number of anilines is 1. The third-order valence-electron chi connectivity index (χ3n) is 9.05. The number of phenolic OH excluding ortho intramolecular Hbond substituents is 1. The first-order valence-electron chi connectivity index (χ1n) is 12.9. The van der Waals surface area contributed by atoms with E-state index in [4.69, 9.17) is 27.9 Å². The number of methoxy groups -OCH3 is 1. The molecular formula is C28H18Cl2F5IN2O6. The van der Waals surface area contributed by atoms with Crippen molar-refractivity contribution in [3.63, 3.8) is 0 Å². The Morgan fingerprint density at radius 2 is 1.52 bits per heavy atom. The number of allylic oxidation sites excluding steroid dienone is 2. The maximum atomic E-state index is 15.1. The summed E-state index contributed by atoms with van der Waals surface area (Å²) < 4.78 is 78.0. The fourth-order valence-electron chi connectivity index (χ4n) is 7.01. The van der Waals surface area contributed by atoms with Crippen molar-refractivity contribution >= 4 is 75.1 Å². The Morgan fingerprint density at radius 3 is 2.11 bits per heavy atom. The molecule has 1 saturated carbocycles. The lowest BCUT2D eigenvalue weighted by Crippen LogP contribution is -2.60. The highest BCUT2D eigenvalue weighted by Gasteiger charge is 2.77. The van der Waals surface area contributed by atoms with Gasteiger partial charge in [0.1, 0.15) is 5.69 Å². The maximum Gasteiger partial charge on any atom is 0.258 e. The molecule has 3 fully saturated rings. The number of halogens is 8. The smallest absolute Gasteiger partial charge is 0.258 e. The molecule has 2 heterocycles. The van der Waals surface area contributed by atoms with E-state index in [0.29, 0.717) is 0 Å². The summed E-state index contributed by atoms with van der Waals surface area (Å²) in [5.74, 6) is -21.3. The molecule has 1 N–H and O–H groups in total. The minimum atomic E-state index is -2.66. The van der Waals surface area contributed by atoms with Crippen molar-refractivity contribution in [1.82, 2.24) is 4.90 Å². The molecule has 2 saturated heterocycles. The maximum absolute atomic E-state index is 15.1. The largest absolute Gasteiger partial charge is 0.504 e. The van der Waals surface area contributed by atoms with Gasteiger partial charge in [0.2, 0.25) is 17.6 Å². The summed E-state index contributed by atoms with van der Waals surface area (Å²) >= 11 is 15.8. The lowest BCUT2D eigenvalue weighted by molar-refractivity contribution is -0.138. The van der Waals surface area contributed by atoms with E-state index >= 15 is 8.78 Å². The molecule has 232 valence electrons. The van der Waals surface area contributed by atoms with Crippen LogP contribution in [0.4, 0.5) is 27.6 Å². The van der Waals surface area contributed by atoms with E-state index in [1.165, 1.54) is 26.3 Å². The SMILES string of the molecule is COc1cc([C@H]2C3=CC[C@@H]4C(=O)N(C)C(=O)[C@@H]4[C@@H]3C[C@@]3(Cl)C(=O)N(c4c(F)c(F)c(F)c(F)c4F)C(=O)[C@@]23Cl)cc(I)c1O. The van der Waals surface area contributed by atoms with Crippen molar-refractivity contribution in [2.24, 2.45) is 17.8 Å². The molecule has 2 aliphatic heterocycles. The minimum absolute atomic E-state index is 0.0277. The number of carbonyl (C=O) groups excluding carboxylic acids is 4. The van der Waals surface area contributed by atoms with Gasteiger partial charge >= 0.3 is 0 Å². The van der Waals surface area contributed by atoms with E-state index in [-0.39, 0.29) is 37.5 Å². The zero-order valence-electron chi connectivity index (χ0n) is 22.4. The number of carbonyl (C=O) groups is 4. The van der Waals surface area contributed by atoms with Crippen molar-refractivity contribution in [3.8, 4) is 11.5 Å². The van der Waals surface area contributed by atoms with Gasteiger partial charge in [-0.3, -0.25) is 24.1 Å². The molecule has 0 radical (unpaired) electrons. The molecule has 16 heteroatoms. The summed E-state index contributed by atoms with van der Waals surface area (Å²) in [7, 11) is 2.52. The number of alkyl halides is 2. The van der Waals surface area contributed by atoms with Gasteiger partial charge in [0.05, 0.1) is 22.5 Å². The van der Waals surface area contributed by atoms with Crippen molar-refractivity contribution in [2.75, 3.05) is 19.1 Å². The summed E-state index contributed by atoms with van der Waals surface area (Å²) in [6.45, 7) is 0. The highest BCUT2D eigenvalue weighted by Crippen LogP contribution is 2.66. The summed E-state index contributed by atoms with van der Waals surface area (Å²) in [5, 5.41) is 10.5. The van der Waals surface area contributed by atoms with Gasteiger partial charge in [0, 0.05) is 13.0 Å². The molecule has 2 aromatic carbocycles.